The molecule has 0 aliphatic carbocycles. The number of amides is 1. The number of carboxylic acids is 1. The number of carbonyl (C=O) groups is 2. The maximum Gasteiger partial charge on any atom is 0.354 e. The first-order valence-electron chi connectivity index (χ1n) is 10.3. The van der Waals surface area contributed by atoms with E-state index in [1.54, 1.807) is 11.0 Å². The fraction of sp³-hybridized carbons (Fsp3) is 0.0357. The van der Waals surface area contributed by atoms with Gasteiger partial charge in [-0.25, -0.2) is 9.78 Å². The van der Waals surface area contributed by atoms with Gasteiger partial charge in [-0.3, -0.25) is 4.79 Å². The van der Waals surface area contributed by atoms with Gasteiger partial charge >= 0.3 is 5.97 Å². The van der Waals surface area contributed by atoms with Crippen LogP contribution in [-0.4, -0.2) is 22.5 Å². The normalized spacial score (nSPS) is 10.1. The molecule has 160 valence electrons. The highest BCUT2D eigenvalue weighted by atomic mass is 16.4. The number of benzene rings is 3. The molecule has 0 saturated heterocycles. The largest absolute Gasteiger partial charge is 0.477 e. The second kappa shape index (κ2) is 10.1. The van der Waals surface area contributed by atoms with Gasteiger partial charge in [0.15, 0.2) is 0 Å². The monoisotopic (exact) mass is 432 g/mol. The Balaban J connectivity index is 1.55. The van der Waals surface area contributed by atoms with Crippen molar-refractivity contribution in [3.05, 3.63) is 120 Å². The van der Waals surface area contributed by atoms with E-state index in [1.807, 2.05) is 66.7 Å². The lowest BCUT2D eigenvalue weighted by Crippen LogP contribution is -2.21. The molecule has 0 spiro atoms. The van der Waals surface area contributed by atoms with Gasteiger partial charge < -0.3 is 10.0 Å². The summed E-state index contributed by atoms with van der Waals surface area (Å²) in [5.41, 5.74) is 5.19. The lowest BCUT2D eigenvalue weighted by Gasteiger charge is -2.19. The molecule has 5 heteroatoms. The first kappa shape index (κ1) is 21.5. The van der Waals surface area contributed by atoms with Crippen molar-refractivity contribution in [3.8, 4) is 23.0 Å². The van der Waals surface area contributed by atoms with Crippen LogP contribution >= 0.6 is 0 Å². The number of carbonyl (C=O) groups excluding carboxylic acids is 1. The standard InChI is InChI=1S/C28H20N2O3/c31-20-30(19-22-11-14-24(15-12-22)23-6-2-1-3-7-23)27-9-5-4-8-25(27)16-10-21-13-17-26(28(32)33)29-18-21/h1-9,11-15,17-18,20H,19H2,(H,32,33). The number of pyridine rings is 1. The average Bonchev–Trinajstić information content (AvgIpc) is 2.87. The summed E-state index contributed by atoms with van der Waals surface area (Å²) in [7, 11) is 0. The number of aromatic nitrogens is 1. The van der Waals surface area contributed by atoms with Crippen LogP contribution in [0.2, 0.25) is 0 Å². The van der Waals surface area contributed by atoms with Crippen LogP contribution in [0.4, 0.5) is 5.69 Å². The molecule has 0 radical (unpaired) electrons. The van der Waals surface area contributed by atoms with E-state index in [2.05, 4.69) is 29.0 Å². The van der Waals surface area contributed by atoms with Crippen molar-refractivity contribution in [2.45, 2.75) is 6.54 Å². The third kappa shape index (κ3) is 5.33. The van der Waals surface area contributed by atoms with E-state index in [9.17, 15) is 9.59 Å². The van der Waals surface area contributed by atoms with Crippen LogP contribution in [0, 0.1) is 11.8 Å². The molecule has 1 heterocycles. The zero-order chi connectivity index (χ0) is 23.0. The van der Waals surface area contributed by atoms with Crippen LogP contribution in [0.3, 0.4) is 0 Å². The Hall–Kier alpha value is -4.69. The van der Waals surface area contributed by atoms with E-state index in [-0.39, 0.29) is 5.69 Å². The minimum atomic E-state index is -1.08. The number of para-hydroxylation sites is 1. The van der Waals surface area contributed by atoms with Crippen molar-refractivity contribution < 1.29 is 14.7 Å². The number of aromatic carboxylic acids is 1. The molecule has 1 N–H and O–H groups in total. The zero-order valence-electron chi connectivity index (χ0n) is 17.7. The minimum Gasteiger partial charge on any atom is -0.477 e. The van der Waals surface area contributed by atoms with Gasteiger partial charge in [-0.05, 0) is 41.0 Å². The highest BCUT2D eigenvalue weighted by molar-refractivity contribution is 5.85. The highest BCUT2D eigenvalue weighted by Gasteiger charge is 2.10. The molecule has 0 saturated carbocycles. The number of hydrogen-bond acceptors (Lipinski definition) is 3. The molecule has 33 heavy (non-hydrogen) atoms. The van der Waals surface area contributed by atoms with Gasteiger partial charge in [-0.15, -0.1) is 0 Å². The Bertz CT molecular complexity index is 1320. The first-order chi connectivity index (χ1) is 16.1. The maximum absolute atomic E-state index is 11.9. The van der Waals surface area contributed by atoms with Crippen molar-refractivity contribution in [1.82, 2.24) is 4.98 Å². The molecule has 0 aliphatic rings. The van der Waals surface area contributed by atoms with Crippen molar-refractivity contribution in [3.63, 3.8) is 0 Å². The zero-order valence-corrected chi connectivity index (χ0v) is 17.7. The van der Waals surface area contributed by atoms with Gasteiger partial charge in [0.1, 0.15) is 5.69 Å². The summed E-state index contributed by atoms with van der Waals surface area (Å²) < 4.78 is 0. The fourth-order valence-electron chi connectivity index (χ4n) is 3.37. The van der Waals surface area contributed by atoms with Crippen molar-refractivity contribution in [2.24, 2.45) is 0 Å². The molecule has 0 unspecified atom stereocenters. The van der Waals surface area contributed by atoms with Crippen molar-refractivity contribution in [1.29, 1.82) is 0 Å². The quantitative estimate of drug-likeness (QED) is 0.343. The van der Waals surface area contributed by atoms with Crippen LogP contribution in [0.25, 0.3) is 11.1 Å². The average molecular weight is 432 g/mol. The molecule has 1 aromatic heterocycles. The fourth-order valence-corrected chi connectivity index (χ4v) is 3.37. The first-order valence-corrected chi connectivity index (χ1v) is 10.3. The SMILES string of the molecule is O=CN(Cc1ccc(-c2ccccc2)cc1)c1ccccc1C#Cc1ccc(C(=O)O)nc1. The minimum absolute atomic E-state index is 0.0358. The van der Waals surface area contributed by atoms with Gasteiger partial charge in [0.2, 0.25) is 6.41 Å². The Morgan fingerprint density at radius 2 is 1.55 bits per heavy atom. The van der Waals surface area contributed by atoms with Gasteiger partial charge in [0.05, 0.1) is 12.2 Å². The summed E-state index contributed by atoms with van der Waals surface area (Å²) in [6.45, 7) is 0.409. The lowest BCUT2D eigenvalue weighted by molar-refractivity contribution is -0.107. The molecular formula is C28H20N2O3. The highest BCUT2D eigenvalue weighted by Crippen LogP contribution is 2.23. The lowest BCUT2D eigenvalue weighted by atomic mass is 10.0. The third-order valence-electron chi connectivity index (χ3n) is 5.08. The van der Waals surface area contributed by atoms with Crippen LogP contribution in [0.15, 0.2) is 97.2 Å². The summed E-state index contributed by atoms with van der Waals surface area (Å²) in [4.78, 5) is 28.4. The Labute approximate surface area is 192 Å². The Kier molecular flexibility index (Phi) is 6.58. The third-order valence-corrected chi connectivity index (χ3v) is 5.08. The molecule has 3 aromatic carbocycles. The van der Waals surface area contributed by atoms with E-state index in [0.717, 1.165) is 23.1 Å². The number of nitrogens with zero attached hydrogens (tertiary/aromatic N) is 2. The Morgan fingerprint density at radius 1 is 0.848 bits per heavy atom. The predicted octanol–water partition coefficient (Wildman–Crippen LogP) is 5.01. The van der Waals surface area contributed by atoms with Gasteiger partial charge in [0.25, 0.3) is 0 Å². The second-order valence-corrected chi connectivity index (χ2v) is 7.30. The summed E-state index contributed by atoms with van der Waals surface area (Å²) in [6, 6.07) is 28.7. The summed E-state index contributed by atoms with van der Waals surface area (Å²) in [6.07, 6.45) is 2.22. The molecule has 0 aliphatic heterocycles. The van der Waals surface area contributed by atoms with E-state index in [1.165, 1.54) is 12.3 Å². The number of carboxylic acid groups (broad SMARTS) is 1. The topological polar surface area (TPSA) is 70.5 Å². The van der Waals surface area contributed by atoms with Gasteiger partial charge in [-0.2, -0.15) is 0 Å². The molecule has 1 amide bonds. The predicted molar refractivity (Wildman–Crippen MR) is 128 cm³/mol. The summed E-state index contributed by atoms with van der Waals surface area (Å²) in [5, 5.41) is 8.97. The summed E-state index contributed by atoms with van der Waals surface area (Å²) in [5.74, 6) is 4.97. The molecule has 4 aromatic rings. The maximum atomic E-state index is 11.9. The van der Waals surface area contributed by atoms with Gasteiger partial charge in [-0.1, -0.05) is 78.6 Å². The van der Waals surface area contributed by atoms with E-state index >= 15 is 0 Å². The van der Waals surface area contributed by atoms with E-state index in [4.69, 9.17) is 5.11 Å². The molecule has 5 nitrogen and oxygen atoms in total. The van der Waals surface area contributed by atoms with Crippen LogP contribution < -0.4 is 4.90 Å². The van der Waals surface area contributed by atoms with Crippen LogP contribution in [0.1, 0.15) is 27.2 Å². The second-order valence-electron chi connectivity index (χ2n) is 7.30. The summed E-state index contributed by atoms with van der Waals surface area (Å²) >= 11 is 0. The molecular weight excluding hydrogens is 412 g/mol. The molecule has 0 bridgehead atoms. The van der Waals surface area contributed by atoms with Crippen LogP contribution in [-0.2, 0) is 11.3 Å². The van der Waals surface area contributed by atoms with Crippen molar-refractivity contribution >= 4 is 18.1 Å². The van der Waals surface area contributed by atoms with E-state index in [0.29, 0.717) is 23.4 Å². The number of anilines is 1. The smallest absolute Gasteiger partial charge is 0.354 e. The van der Waals surface area contributed by atoms with Crippen LogP contribution in [0.5, 0.6) is 0 Å². The number of hydrogen-bond donors (Lipinski definition) is 1. The molecule has 4 rings (SSSR count). The number of rotatable bonds is 6. The van der Waals surface area contributed by atoms with Gasteiger partial charge in [0, 0.05) is 17.3 Å². The molecule has 0 atom stereocenters. The Morgan fingerprint density at radius 3 is 2.21 bits per heavy atom. The molecule has 0 fully saturated rings. The van der Waals surface area contributed by atoms with Crippen molar-refractivity contribution in [2.75, 3.05) is 4.90 Å². The van der Waals surface area contributed by atoms with E-state index < -0.39 is 5.97 Å².